The maximum absolute atomic E-state index is 12.6. The molecule has 0 saturated carbocycles. The Kier molecular flexibility index (Phi) is 7.41. The number of nitrogens with one attached hydrogen (secondary N) is 1. The first kappa shape index (κ1) is 21.9. The minimum atomic E-state index is -0.345. The Balaban J connectivity index is 1.52. The zero-order chi connectivity index (χ0) is 21.0. The number of hydrogen-bond donors (Lipinski definition) is 1. The number of carbonyl (C=O) groups excluding carboxylic acids is 2. The Bertz CT molecular complexity index is 898. The van der Waals surface area contributed by atoms with Gasteiger partial charge in [-0.05, 0) is 36.8 Å². The second-order valence-electron chi connectivity index (χ2n) is 6.97. The maximum Gasteiger partial charge on any atom is 0.241 e. The second-order valence-corrected chi connectivity index (χ2v) is 8.23. The van der Waals surface area contributed by atoms with Crippen LogP contribution in [-0.4, -0.2) is 53.8 Å². The van der Waals surface area contributed by atoms with E-state index in [2.05, 4.69) is 10.2 Å². The lowest BCUT2D eigenvalue weighted by Gasteiger charge is -2.37. The number of nitrogens with zero attached hydrogens (tertiary/aromatic N) is 2. The number of carbonyl (C=O) groups is 2. The van der Waals surface area contributed by atoms with Gasteiger partial charge in [-0.2, -0.15) is 0 Å². The van der Waals surface area contributed by atoms with Crippen LogP contribution in [0.1, 0.15) is 12.5 Å². The van der Waals surface area contributed by atoms with Crippen LogP contribution in [0.2, 0.25) is 15.1 Å². The van der Waals surface area contributed by atoms with E-state index in [1.165, 1.54) is 0 Å². The highest BCUT2D eigenvalue weighted by Crippen LogP contribution is 2.25. The molecule has 1 heterocycles. The minimum absolute atomic E-state index is 0.0443. The minimum Gasteiger partial charge on any atom is -0.340 e. The van der Waals surface area contributed by atoms with Crippen molar-refractivity contribution in [3.8, 4) is 0 Å². The van der Waals surface area contributed by atoms with E-state index in [9.17, 15) is 9.59 Å². The van der Waals surface area contributed by atoms with E-state index in [0.717, 1.165) is 5.56 Å². The molecule has 2 aromatic rings. The summed E-state index contributed by atoms with van der Waals surface area (Å²) in [5.74, 6) is -0.104. The van der Waals surface area contributed by atoms with Gasteiger partial charge in [0.25, 0.3) is 0 Å². The molecule has 2 aromatic carbocycles. The molecule has 1 fully saturated rings. The summed E-state index contributed by atoms with van der Waals surface area (Å²) < 4.78 is 0. The van der Waals surface area contributed by atoms with Gasteiger partial charge in [0.05, 0.1) is 23.2 Å². The monoisotopic (exact) mass is 453 g/mol. The lowest BCUT2D eigenvalue weighted by atomic mass is 10.1. The number of benzene rings is 2. The molecule has 0 spiro atoms. The normalized spacial score (nSPS) is 15.8. The molecule has 3 rings (SSSR count). The third-order valence-corrected chi connectivity index (χ3v) is 6.00. The van der Waals surface area contributed by atoms with Gasteiger partial charge in [-0.25, -0.2) is 0 Å². The second kappa shape index (κ2) is 9.81. The van der Waals surface area contributed by atoms with Gasteiger partial charge in [-0.15, -0.1) is 0 Å². The van der Waals surface area contributed by atoms with Gasteiger partial charge in [0.2, 0.25) is 11.8 Å². The van der Waals surface area contributed by atoms with Gasteiger partial charge in [0.15, 0.2) is 0 Å². The number of piperazine rings is 1. The molecule has 1 N–H and O–H groups in total. The van der Waals surface area contributed by atoms with E-state index >= 15 is 0 Å². The van der Waals surface area contributed by atoms with Gasteiger partial charge in [0.1, 0.15) is 0 Å². The summed E-state index contributed by atoms with van der Waals surface area (Å²) in [5, 5.41) is 4.35. The number of halogens is 3. The average molecular weight is 455 g/mol. The van der Waals surface area contributed by atoms with Crippen LogP contribution in [-0.2, 0) is 16.0 Å². The molecule has 29 heavy (non-hydrogen) atoms. The quantitative estimate of drug-likeness (QED) is 0.730. The number of amides is 2. The summed E-state index contributed by atoms with van der Waals surface area (Å²) >= 11 is 18.2. The highest BCUT2D eigenvalue weighted by Gasteiger charge is 2.28. The zero-order valence-electron chi connectivity index (χ0n) is 16.0. The van der Waals surface area contributed by atoms with Crippen molar-refractivity contribution in [1.82, 2.24) is 9.80 Å². The molecule has 0 radical (unpaired) electrons. The van der Waals surface area contributed by atoms with Crippen molar-refractivity contribution >= 4 is 52.3 Å². The zero-order valence-corrected chi connectivity index (χ0v) is 18.3. The van der Waals surface area contributed by atoms with E-state index in [-0.39, 0.29) is 24.3 Å². The molecule has 1 atom stereocenters. The fourth-order valence-electron chi connectivity index (χ4n) is 3.27. The number of rotatable bonds is 5. The van der Waals surface area contributed by atoms with E-state index in [4.69, 9.17) is 34.8 Å². The van der Waals surface area contributed by atoms with Crippen LogP contribution in [0.3, 0.4) is 0 Å². The van der Waals surface area contributed by atoms with Crippen LogP contribution in [0.15, 0.2) is 42.5 Å². The Morgan fingerprint density at radius 3 is 2.34 bits per heavy atom. The Morgan fingerprint density at radius 2 is 1.69 bits per heavy atom. The summed E-state index contributed by atoms with van der Waals surface area (Å²) in [6, 6.07) is 12.0. The molecule has 2 amide bonds. The standard InChI is InChI=1S/C21H22Cl3N3O2/c1-14(21(29)25-19-7-6-16(22)13-18(19)24)26-8-10-27(11-9-26)20(28)12-15-4-2-3-5-17(15)23/h2-7,13-14H,8-12H2,1H3,(H,25,29). The Morgan fingerprint density at radius 1 is 1.00 bits per heavy atom. The first-order valence-corrected chi connectivity index (χ1v) is 10.5. The molecule has 0 aliphatic carbocycles. The summed E-state index contributed by atoms with van der Waals surface area (Å²) in [7, 11) is 0. The van der Waals surface area contributed by atoms with Crippen molar-refractivity contribution < 1.29 is 9.59 Å². The van der Waals surface area contributed by atoms with Crippen molar-refractivity contribution in [2.24, 2.45) is 0 Å². The third-order valence-electron chi connectivity index (χ3n) is 5.08. The highest BCUT2D eigenvalue weighted by atomic mass is 35.5. The average Bonchev–Trinajstić information content (AvgIpc) is 2.71. The molecule has 1 unspecified atom stereocenters. The maximum atomic E-state index is 12.6. The van der Waals surface area contributed by atoms with E-state index in [0.29, 0.717) is 46.9 Å². The van der Waals surface area contributed by atoms with E-state index in [1.54, 1.807) is 24.3 Å². The summed E-state index contributed by atoms with van der Waals surface area (Å²) in [6.45, 7) is 4.24. The van der Waals surface area contributed by atoms with Gasteiger partial charge >= 0.3 is 0 Å². The van der Waals surface area contributed by atoms with Crippen LogP contribution < -0.4 is 5.32 Å². The molecule has 0 bridgehead atoms. The molecule has 5 nitrogen and oxygen atoms in total. The lowest BCUT2D eigenvalue weighted by molar-refractivity contribution is -0.133. The highest BCUT2D eigenvalue weighted by molar-refractivity contribution is 6.36. The van der Waals surface area contributed by atoms with Gasteiger partial charge in [-0.1, -0.05) is 53.0 Å². The van der Waals surface area contributed by atoms with Crippen molar-refractivity contribution in [3.63, 3.8) is 0 Å². The summed E-state index contributed by atoms with van der Waals surface area (Å²) in [5.41, 5.74) is 1.36. The molecule has 8 heteroatoms. The number of hydrogen-bond acceptors (Lipinski definition) is 3. The fourth-order valence-corrected chi connectivity index (χ4v) is 3.93. The van der Waals surface area contributed by atoms with Crippen LogP contribution >= 0.6 is 34.8 Å². The smallest absolute Gasteiger partial charge is 0.241 e. The van der Waals surface area contributed by atoms with E-state index in [1.807, 2.05) is 30.0 Å². The van der Waals surface area contributed by atoms with Gasteiger partial charge in [-0.3, -0.25) is 14.5 Å². The molecular weight excluding hydrogens is 433 g/mol. The van der Waals surface area contributed by atoms with Crippen LogP contribution in [0.4, 0.5) is 5.69 Å². The first-order chi connectivity index (χ1) is 13.8. The topological polar surface area (TPSA) is 52.7 Å². The fraction of sp³-hybridized carbons (Fsp3) is 0.333. The van der Waals surface area contributed by atoms with Gasteiger partial charge in [0, 0.05) is 36.2 Å². The first-order valence-electron chi connectivity index (χ1n) is 9.36. The Hall–Kier alpha value is -1.79. The SMILES string of the molecule is CC(C(=O)Nc1ccc(Cl)cc1Cl)N1CCN(C(=O)Cc2ccccc2Cl)CC1. The van der Waals surface area contributed by atoms with E-state index < -0.39 is 0 Å². The summed E-state index contributed by atoms with van der Waals surface area (Å²) in [4.78, 5) is 29.1. The molecular formula is C21H22Cl3N3O2. The summed E-state index contributed by atoms with van der Waals surface area (Å²) in [6.07, 6.45) is 0.283. The predicted octanol–water partition coefficient (Wildman–Crippen LogP) is 4.36. The van der Waals surface area contributed by atoms with Gasteiger partial charge < -0.3 is 10.2 Å². The van der Waals surface area contributed by atoms with Crippen LogP contribution in [0.5, 0.6) is 0 Å². The molecule has 1 saturated heterocycles. The third kappa shape index (κ3) is 5.64. The molecule has 0 aromatic heterocycles. The van der Waals surface area contributed by atoms with Crippen LogP contribution in [0.25, 0.3) is 0 Å². The van der Waals surface area contributed by atoms with Crippen molar-refractivity contribution in [1.29, 1.82) is 0 Å². The molecule has 1 aliphatic rings. The van der Waals surface area contributed by atoms with Crippen molar-refractivity contribution in [2.75, 3.05) is 31.5 Å². The molecule has 1 aliphatic heterocycles. The van der Waals surface area contributed by atoms with Crippen molar-refractivity contribution in [2.45, 2.75) is 19.4 Å². The lowest BCUT2D eigenvalue weighted by Crippen LogP contribution is -2.54. The largest absolute Gasteiger partial charge is 0.340 e. The molecule has 154 valence electrons. The Labute approximate surface area is 185 Å². The van der Waals surface area contributed by atoms with Crippen molar-refractivity contribution in [3.05, 3.63) is 63.1 Å². The van der Waals surface area contributed by atoms with Crippen LogP contribution in [0, 0.1) is 0 Å². The number of anilines is 1. The predicted molar refractivity (Wildman–Crippen MR) is 118 cm³/mol.